The number of H-pyrrole nitrogens is 1. The topological polar surface area (TPSA) is 646 Å². The summed E-state index contributed by atoms with van der Waals surface area (Å²) in [5.41, 5.74) is 30.9. The number of aromatic nitrogens is 1. The molecule has 3 aromatic rings. The van der Waals surface area contributed by atoms with Crippen LogP contribution in [0.3, 0.4) is 0 Å². The van der Waals surface area contributed by atoms with Gasteiger partial charge < -0.3 is 123 Å². The highest BCUT2D eigenvalue weighted by atomic mass is 16.3. The number of para-hydroxylation sites is 1. The fourth-order valence-electron chi connectivity index (χ4n) is 14.9. The average molecular weight is 1760 g/mol. The van der Waals surface area contributed by atoms with Crippen molar-refractivity contribution >= 4 is 105 Å². The molecule has 2 fully saturated rings. The first-order valence-electron chi connectivity index (χ1n) is 44.4. The summed E-state index contributed by atoms with van der Waals surface area (Å²) in [6.07, 6.45) is 14.0. The fraction of sp³-hybridized carbons (Fsp3) is 0.651. The van der Waals surface area contributed by atoms with Gasteiger partial charge in [0.05, 0.1) is 31.9 Å². The first-order valence-corrected chi connectivity index (χ1v) is 44.4. The quantitative estimate of drug-likeness (QED) is 0.0174. The Morgan fingerprint density at radius 3 is 1.81 bits per heavy atom. The van der Waals surface area contributed by atoms with Crippen molar-refractivity contribution in [2.24, 2.45) is 28.7 Å². The SMILES string of the molecule is CCCCCCCCCCCCCCCCCC(=O)NCC(=O)N[C@@H](CO)C(=O)N[C@H](CCC(N)=O)C(=O)N[C@@H](CC(N)CN)C(=O)N[C@H](C(=O)N[C@@H](CCCC)C(=O)N[C@H]1CCC(=O)CNCCCC[C@@H](C(N)=O)NC(=O)[C@H](Cc2c[nH]c3ccccc23)NC(=O)[C@H](CCCNC(=N)N)NC(=O)[C@@H](Cc2ccccc2)NC(=O)[C@@H]2C[C@@H](O)CN2C1=O)C(C)O. The normalized spacial score (nSPS) is 20.1. The van der Waals surface area contributed by atoms with Gasteiger partial charge in [0.1, 0.15) is 72.2 Å². The van der Waals surface area contributed by atoms with Crippen LogP contribution in [0.4, 0.5) is 0 Å². The van der Waals surface area contributed by atoms with Crippen LogP contribution in [-0.2, 0) is 84.8 Å². The highest BCUT2D eigenvalue weighted by molar-refractivity contribution is 6.01. The molecule has 1 aromatic heterocycles. The van der Waals surface area contributed by atoms with Crippen molar-refractivity contribution < 1.29 is 87.2 Å². The molecule has 0 saturated carbocycles. The molecule has 696 valence electrons. The zero-order chi connectivity index (χ0) is 91.8. The largest absolute Gasteiger partial charge is 0.394 e. The molecule has 2 aromatic carbocycles. The number of unbranched alkanes of at least 4 members (excludes halogenated alkanes) is 15. The summed E-state index contributed by atoms with van der Waals surface area (Å²) in [7, 11) is 0. The molecule has 0 spiro atoms. The lowest BCUT2D eigenvalue weighted by molar-refractivity contribution is -0.143. The smallest absolute Gasteiger partial charge is 0.245 e. The van der Waals surface area contributed by atoms with E-state index in [9.17, 15) is 72.9 Å². The van der Waals surface area contributed by atoms with Gasteiger partial charge in [0.15, 0.2) is 5.96 Å². The molecular weight excluding hydrogens is 1620 g/mol. The van der Waals surface area contributed by atoms with E-state index in [0.717, 1.165) is 48.4 Å². The van der Waals surface area contributed by atoms with E-state index in [0.29, 0.717) is 30.4 Å². The Balaban J connectivity index is 1.35. The van der Waals surface area contributed by atoms with Crippen molar-refractivity contribution in [1.82, 2.24) is 79.0 Å². The number of hydrogen-bond donors (Lipinski definition) is 23. The lowest BCUT2D eigenvalue weighted by atomic mass is 10.0. The van der Waals surface area contributed by atoms with Gasteiger partial charge in [-0.15, -0.1) is 0 Å². The maximum Gasteiger partial charge on any atom is 0.245 e. The molecule has 39 nitrogen and oxygen atoms in total. The number of aliphatic hydroxyl groups is 3. The van der Waals surface area contributed by atoms with Gasteiger partial charge in [0, 0.05) is 81.3 Å². The van der Waals surface area contributed by atoms with Gasteiger partial charge in [-0.25, -0.2) is 0 Å². The summed E-state index contributed by atoms with van der Waals surface area (Å²) in [5, 5.41) is 75.2. The molecule has 14 amide bonds. The van der Waals surface area contributed by atoms with E-state index in [1.807, 2.05) is 12.1 Å². The molecule has 2 saturated heterocycles. The number of carbonyl (C=O) groups is 15. The number of guanidine groups is 1. The van der Waals surface area contributed by atoms with E-state index in [1.54, 1.807) is 55.6 Å². The van der Waals surface area contributed by atoms with Crippen LogP contribution in [-0.4, -0.2) is 250 Å². The molecule has 28 N–H and O–H groups in total. The number of hydrogen-bond acceptors (Lipinski definition) is 22. The summed E-state index contributed by atoms with van der Waals surface area (Å²) >= 11 is 0. The monoisotopic (exact) mass is 1750 g/mol. The molecule has 39 heteroatoms. The van der Waals surface area contributed by atoms with Crippen molar-refractivity contribution in [3.05, 3.63) is 71.9 Å². The van der Waals surface area contributed by atoms with E-state index in [1.165, 1.54) is 64.2 Å². The molecule has 2 aliphatic rings. The molecule has 0 aliphatic carbocycles. The minimum absolute atomic E-state index is 0.0198. The second-order valence-corrected chi connectivity index (χ2v) is 32.7. The van der Waals surface area contributed by atoms with Crippen molar-refractivity contribution in [3.8, 4) is 0 Å². The number of primary amides is 2. The molecule has 0 radical (unpaired) electrons. The van der Waals surface area contributed by atoms with Gasteiger partial charge >= 0.3 is 0 Å². The Labute approximate surface area is 731 Å². The summed E-state index contributed by atoms with van der Waals surface area (Å²) < 4.78 is 0. The van der Waals surface area contributed by atoms with Crippen molar-refractivity contribution in [2.45, 2.75) is 311 Å². The molecule has 2 aliphatic heterocycles. The molecule has 0 bridgehead atoms. The zero-order valence-electron chi connectivity index (χ0n) is 72.7. The first-order chi connectivity index (χ1) is 59.9. The zero-order valence-corrected chi connectivity index (χ0v) is 72.7. The number of rotatable bonds is 49. The molecule has 5 rings (SSSR count). The highest BCUT2D eigenvalue weighted by Gasteiger charge is 2.44. The van der Waals surface area contributed by atoms with Crippen LogP contribution in [0.2, 0.25) is 0 Å². The summed E-state index contributed by atoms with van der Waals surface area (Å²) in [5.74, 6) is -14.1. The summed E-state index contributed by atoms with van der Waals surface area (Å²) in [4.78, 5) is 216. The van der Waals surface area contributed by atoms with E-state index in [2.05, 4.69) is 81.0 Å². The van der Waals surface area contributed by atoms with E-state index < -0.39 is 231 Å². The Bertz CT molecular complexity index is 3970. The predicted molar refractivity (Wildman–Crippen MR) is 468 cm³/mol. The number of amides is 14. The number of nitrogens with one attached hydrogen (secondary N) is 15. The number of carbonyl (C=O) groups excluding carboxylic acids is 15. The van der Waals surface area contributed by atoms with Crippen LogP contribution in [0.5, 0.6) is 0 Å². The number of ketones is 1. The van der Waals surface area contributed by atoms with Gasteiger partial charge in [0.2, 0.25) is 82.7 Å². The summed E-state index contributed by atoms with van der Waals surface area (Å²) in [6, 6.07) is -2.99. The standard InChI is InChI=1S/C86H139N21O18/c1-4-6-8-9-10-11-12-13-14-15-16-17-18-19-23-36-72(113)96-50-73(114)97-69(52-108)82(122)100-64(39-40-71(89)112)78(118)104-68(45-56(88)47-87)81(121)106-74(53(3)109)84(124)101-62(32-7-5-2)76(116)102-65-38-37-57(110)49-93-41-27-26-34-61(75(90)115)98-80(120)67(44-55-48-95-60-33-25-24-31-59(55)60)103-77(117)63(35-28-42-94-86(91)92)99-79(119)66(43-54-29-21-20-22-30-54)105-83(123)70-46-58(111)51-107(70)85(65)125/h20-22,24-25,29-31,33,48,53,56,58,61-70,74,93,95,108-109,111H,4-19,23,26-28,32,34-47,49-52,87-88H2,1-3H3,(H2,89,112)(H2,90,115)(H,96,113)(H,97,114)(H,98,120)(H,99,119)(H,100,122)(H,101,124)(H,102,116)(H,103,117)(H,104,118)(H,105,123)(H,106,121)(H4,91,92,94)/t53?,56?,58-,61+,62+,63+,64-,65+,66-,67+,68+,69+,70+,74+/m1/s1. The van der Waals surface area contributed by atoms with Gasteiger partial charge in [-0.05, 0) is 94.9 Å². The number of Topliss-reactive ketones (excluding diaryl/α,β-unsaturated/α-hetero) is 1. The van der Waals surface area contributed by atoms with E-state index in [-0.39, 0.29) is 89.9 Å². The highest BCUT2D eigenvalue weighted by Crippen LogP contribution is 2.24. The van der Waals surface area contributed by atoms with E-state index >= 15 is 14.4 Å². The Morgan fingerprint density at radius 2 is 1.18 bits per heavy atom. The van der Waals surface area contributed by atoms with Gasteiger partial charge in [-0.2, -0.15) is 0 Å². The van der Waals surface area contributed by atoms with Crippen LogP contribution in [0.1, 0.15) is 225 Å². The van der Waals surface area contributed by atoms with E-state index in [4.69, 9.17) is 34.1 Å². The number of benzene rings is 2. The van der Waals surface area contributed by atoms with Gasteiger partial charge in [0.25, 0.3) is 0 Å². The molecule has 3 heterocycles. The predicted octanol–water partition coefficient (Wildman–Crippen LogP) is -1.48. The third kappa shape index (κ3) is 39.1. The number of aromatic amines is 1. The number of nitrogens with zero attached hydrogens (tertiary/aromatic N) is 1. The minimum atomic E-state index is -1.94. The summed E-state index contributed by atoms with van der Waals surface area (Å²) in [6.45, 7) is 2.74. The van der Waals surface area contributed by atoms with Crippen molar-refractivity contribution in [3.63, 3.8) is 0 Å². The lowest BCUT2D eigenvalue weighted by Crippen LogP contribution is -2.62. The molecule has 14 atom stereocenters. The van der Waals surface area contributed by atoms with Crippen LogP contribution in [0.25, 0.3) is 10.9 Å². The molecular formula is C86H139N21O18. The number of nitrogens with two attached hydrogens (primary N) is 5. The van der Waals surface area contributed by atoms with Crippen LogP contribution < -0.4 is 97.8 Å². The van der Waals surface area contributed by atoms with Crippen LogP contribution >= 0.6 is 0 Å². The van der Waals surface area contributed by atoms with Crippen molar-refractivity contribution in [1.29, 1.82) is 5.41 Å². The van der Waals surface area contributed by atoms with Gasteiger partial charge in [-0.3, -0.25) is 77.3 Å². The Hall–Kier alpha value is -10.7. The Morgan fingerprint density at radius 1 is 0.600 bits per heavy atom. The van der Waals surface area contributed by atoms with Crippen molar-refractivity contribution in [2.75, 3.05) is 45.9 Å². The molecule has 2 unspecified atom stereocenters. The Kier molecular flexibility index (Phi) is 48.4. The minimum Gasteiger partial charge on any atom is -0.394 e. The number of fused-ring (bicyclic) bond motifs is 2. The first kappa shape index (κ1) is 105. The second kappa shape index (κ2) is 57.7. The number of aliphatic hydroxyl groups excluding tert-OH is 3. The molecule has 125 heavy (non-hydrogen) atoms. The third-order valence-electron chi connectivity index (χ3n) is 22.2. The third-order valence-corrected chi connectivity index (χ3v) is 22.2. The average Bonchev–Trinajstić information content (AvgIpc) is 1.70. The second-order valence-electron chi connectivity index (χ2n) is 32.7. The maximum atomic E-state index is 15.3. The van der Waals surface area contributed by atoms with Gasteiger partial charge in [-0.1, -0.05) is 165 Å². The lowest BCUT2D eigenvalue weighted by Gasteiger charge is -2.31. The fourth-order valence-corrected chi connectivity index (χ4v) is 14.9. The van der Waals surface area contributed by atoms with Crippen LogP contribution in [0, 0.1) is 5.41 Å². The van der Waals surface area contributed by atoms with Crippen LogP contribution in [0.15, 0.2) is 60.8 Å². The maximum absolute atomic E-state index is 15.3.